The Morgan fingerprint density at radius 2 is 2.25 bits per heavy atom. The second kappa shape index (κ2) is 6.90. The second-order valence-electron chi connectivity index (χ2n) is 4.57. The number of tetrazole rings is 1. The van der Waals surface area contributed by atoms with Crippen molar-refractivity contribution in [3.63, 3.8) is 0 Å². The fraction of sp³-hybridized carbons (Fsp3) is 0.462. The number of nitrogens with one attached hydrogen (secondary N) is 1. The van der Waals surface area contributed by atoms with Gasteiger partial charge in [-0.2, -0.15) is 4.80 Å². The monoisotopic (exact) mass is 341 g/mol. The van der Waals surface area contributed by atoms with Crippen LogP contribution >= 0.6 is 15.9 Å². The number of rotatable bonds is 6. The van der Waals surface area contributed by atoms with E-state index in [0.717, 1.165) is 23.0 Å². The zero-order valence-electron chi connectivity index (χ0n) is 11.5. The van der Waals surface area contributed by atoms with Crippen LogP contribution in [0.5, 0.6) is 0 Å². The topological polar surface area (TPSA) is 55.6 Å². The molecule has 1 aromatic carbocycles. The molecule has 0 aliphatic rings. The van der Waals surface area contributed by atoms with E-state index >= 15 is 0 Å². The molecule has 0 fully saturated rings. The van der Waals surface area contributed by atoms with Gasteiger partial charge in [0.15, 0.2) is 5.82 Å². The summed E-state index contributed by atoms with van der Waals surface area (Å²) in [5, 5.41) is 15.4. The van der Waals surface area contributed by atoms with E-state index in [4.69, 9.17) is 0 Å². The average molecular weight is 342 g/mol. The van der Waals surface area contributed by atoms with E-state index in [1.54, 1.807) is 13.1 Å². The van der Waals surface area contributed by atoms with E-state index in [9.17, 15) is 4.39 Å². The molecule has 1 unspecified atom stereocenters. The molecule has 0 aliphatic heterocycles. The van der Waals surface area contributed by atoms with Crippen LogP contribution in [0.1, 0.15) is 30.8 Å². The van der Waals surface area contributed by atoms with Crippen molar-refractivity contribution in [3.05, 3.63) is 39.9 Å². The van der Waals surface area contributed by atoms with Crippen molar-refractivity contribution in [1.82, 2.24) is 25.5 Å². The average Bonchev–Trinajstić information content (AvgIpc) is 2.83. The molecule has 2 aromatic rings. The van der Waals surface area contributed by atoms with Crippen molar-refractivity contribution in [2.75, 3.05) is 6.54 Å². The van der Waals surface area contributed by atoms with Crippen molar-refractivity contribution in [2.24, 2.45) is 7.05 Å². The summed E-state index contributed by atoms with van der Waals surface area (Å²) in [4.78, 5) is 1.42. The highest BCUT2D eigenvalue weighted by Gasteiger charge is 2.17. The van der Waals surface area contributed by atoms with Crippen LogP contribution < -0.4 is 5.32 Å². The zero-order valence-corrected chi connectivity index (χ0v) is 13.1. The van der Waals surface area contributed by atoms with Crippen LogP contribution in [-0.2, 0) is 13.5 Å². The molecule has 1 N–H and O–H groups in total. The molecule has 0 aliphatic carbocycles. The van der Waals surface area contributed by atoms with Crippen molar-refractivity contribution in [1.29, 1.82) is 0 Å². The minimum absolute atomic E-state index is 0.0516. The Morgan fingerprint density at radius 1 is 1.45 bits per heavy atom. The molecule has 1 atom stereocenters. The Morgan fingerprint density at radius 3 is 2.90 bits per heavy atom. The summed E-state index contributed by atoms with van der Waals surface area (Å²) in [6.45, 7) is 2.93. The van der Waals surface area contributed by atoms with Gasteiger partial charge >= 0.3 is 0 Å². The highest BCUT2D eigenvalue weighted by atomic mass is 79.9. The van der Waals surface area contributed by atoms with E-state index in [1.807, 2.05) is 0 Å². The third kappa shape index (κ3) is 3.83. The summed E-state index contributed by atoms with van der Waals surface area (Å²) in [6.07, 6.45) is 1.56. The van der Waals surface area contributed by atoms with Gasteiger partial charge in [-0.25, -0.2) is 4.39 Å². The van der Waals surface area contributed by atoms with Crippen LogP contribution in [0.4, 0.5) is 4.39 Å². The van der Waals surface area contributed by atoms with Crippen molar-refractivity contribution in [3.8, 4) is 0 Å². The SMILES string of the molecule is CCCNC(Cc1nnn(C)n1)c1cc(F)ccc1Br. The molecule has 0 bridgehead atoms. The lowest BCUT2D eigenvalue weighted by molar-refractivity contribution is 0.511. The van der Waals surface area contributed by atoms with E-state index in [1.165, 1.54) is 16.9 Å². The van der Waals surface area contributed by atoms with Gasteiger partial charge in [0.2, 0.25) is 0 Å². The highest BCUT2D eigenvalue weighted by molar-refractivity contribution is 9.10. The van der Waals surface area contributed by atoms with Crippen LogP contribution in [0.15, 0.2) is 22.7 Å². The maximum absolute atomic E-state index is 13.5. The van der Waals surface area contributed by atoms with E-state index in [2.05, 4.69) is 43.6 Å². The van der Waals surface area contributed by atoms with Gasteiger partial charge in [-0.3, -0.25) is 0 Å². The van der Waals surface area contributed by atoms with Gasteiger partial charge in [-0.15, -0.1) is 10.2 Å². The van der Waals surface area contributed by atoms with Gasteiger partial charge in [-0.1, -0.05) is 22.9 Å². The van der Waals surface area contributed by atoms with Gasteiger partial charge in [0.1, 0.15) is 5.82 Å². The van der Waals surface area contributed by atoms with Gasteiger partial charge in [0.05, 0.1) is 7.05 Å². The van der Waals surface area contributed by atoms with Crippen LogP contribution in [0.25, 0.3) is 0 Å². The predicted octanol–water partition coefficient (Wildman–Crippen LogP) is 2.40. The molecule has 108 valence electrons. The van der Waals surface area contributed by atoms with Crippen LogP contribution in [0.3, 0.4) is 0 Å². The lowest BCUT2D eigenvalue weighted by Gasteiger charge is -2.19. The molecule has 0 saturated carbocycles. The number of nitrogens with zero attached hydrogens (tertiary/aromatic N) is 4. The Bertz CT molecular complexity index is 572. The summed E-state index contributed by atoms with van der Waals surface area (Å²) in [5.41, 5.74) is 0.867. The normalized spacial score (nSPS) is 12.6. The fourth-order valence-electron chi connectivity index (χ4n) is 1.98. The molecule has 7 heteroatoms. The number of hydrogen-bond acceptors (Lipinski definition) is 4. The maximum atomic E-state index is 13.5. The largest absolute Gasteiger partial charge is 0.310 e. The number of halogens is 2. The number of hydrogen-bond donors (Lipinski definition) is 1. The van der Waals surface area contributed by atoms with Crippen LogP contribution in [-0.4, -0.2) is 26.8 Å². The third-order valence-corrected chi connectivity index (χ3v) is 3.63. The summed E-state index contributed by atoms with van der Waals surface area (Å²) >= 11 is 3.47. The first-order valence-electron chi connectivity index (χ1n) is 6.51. The zero-order chi connectivity index (χ0) is 14.5. The molecular weight excluding hydrogens is 325 g/mol. The van der Waals surface area contributed by atoms with E-state index in [-0.39, 0.29) is 11.9 Å². The first-order chi connectivity index (χ1) is 9.60. The first kappa shape index (κ1) is 15.1. The minimum Gasteiger partial charge on any atom is -0.310 e. The van der Waals surface area contributed by atoms with Gasteiger partial charge in [0, 0.05) is 16.9 Å². The van der Waals surface area contributed by atoms with Crippen molar-refractivity contribution in [2.45, 2.75) is 25.8 Å². The first-order valence-corrected chi connectivity index (χ1v) is 7.30. The van der Waals surface area contributed by atoms with Gasteiger partial charge in [-0.05, 0) is 41.9 Å². The van der Waals surface area contributed by atoms with Crippen LogP contribution in [0.2, 0.25) is 0 Å². The van der Waals surface area contributed by atoms with E-state index < -0.39 is 0 Å². The number of benzene rings is 1. The van der Waals surface area contributed by atoms with Gasteiger partial charge in [0.25, 0.3) is 0 Å². The highest BCUT2D eigenvalue weighted by Crippen LogP contribution is 2.26. The number of aromatic nitrogens is 4. The summed E-state index contributed by atoms with van der Waals surface area (Å²) < 4.78 is 14.3. The molecule has 1 aromatic heterocycles. The molecule has 0 spiro atoms. The lowest BCUT2D eigenvalue weighted by atomic mass is 10.0. The van der Waals surface area contributed by atoms with Gasteiger partial charge < -0.3 is 5.32 Å². The molecule has 0 amide bonds. The molecule has 2 rings (SSSR count). The Kier molecular flexibility index (Phi) is 5.19. The lowest BCUT2D eigenvalue weighted by Crippen LogP contribution is -2.25. The van der Waals surface area contributed by atoms with E-state index in [0.29, 0.717) is 12.2 Å². The molecular formula is C13H17BrFN5. The fourth-order valence-corrected chi connectivity index (χ4v) is 2.50. The molecule has 5 nitrogen and oxygen atoms in total. The Balaban J connectivity index is 2.24. The summed E-state index contributed by atoms with van der Waals surface area (Å²) in [5.74, 6) is 0.385. The van der Waals surface area contributed by atoms with Crippen molar-refractivity contribution < 1.29 is 4.39 Å². The molecule has 20 heavy (non-hydrogen) atoms. The van der Waals surface area contributed by atoms with Crippen LogP contribution in [0, 0.1) is 5.82 Å². The Hall–Kier alpha value is -1.34. The second-order valence-corrected chi connectivity index (χ2v) is 5.43. The minimum atomic E-state index is -0.251. The molecule has 0 radical (unpaired) electrons. The summed E-state index contributed by atoms with van der Waals surface area (Å²) in [6, 6.07) is 4.64. The quantitative estimate of drug-likeness (QED) is 0.876. The Labute approximate surface area is 125 Å². The smallest absolute Gasteiger partial charge is 0.176 e. The molecule has 0 saturated heterocycles. The third-order valence-electron chi connectivity index (χ3n) is 2.91. The predicted molar refractivity (Wildman–Crippen MR) is 77.6 cm³/mol. The van der Waals surface area contributed by atoms with Crippen molar-refractivity contribution >= 4 is 15.9 Å². The standard InChI is InChI=1S/C13H17BrFN5/c1-3-6-16-12(8-13-17-19-20(2)18-13)10-7-9(15)4-5-11(10)14/h4-5,7,12,16H,3,6,8H2,1-2H3. The summed E-state index contributed by atoms with van der Waals surface area (Å²) in [7, 11) is 1.73. The molecule has 1 heterocycles. The number of aryl methyl sites for hydroxylation is 1. The maximum Gasteiger partial charge on any atom is 0.176 e.